The Morgan fingerprint density at radius 1 is 1.36 bits per heavy atom. The number of phenolic OH excluding ortho intramolecular Hbond substituents is 1. The minimum atomic E-state index is -1.05. The number of nitrogens with one attached hydrogen (secondary N) is 1. The average Bonchev–Trinajstić information content (AvgIpc) is 2.51. The smallest absolute Gasteiger partial charge is 0.337 e. The molecule has 0 radical (unpaired) electrons. The van der Waals surface area contributed by atoms with Crippen molar-refractivity contribution < 1.29 is 19.7 Å². The summed E-state index contributed by atoms with van der Waals surface area (Å²) in [6.07, 6.45) is 1.44. The van der Waals surface area contributed by atoms with Crippen LogP contribution in [0.5, 0.6) is 11.5 Å². The van der Waals surface area contributed by atoms with Crippen LogP contribution in [0.15, 0.2) is 41.5 Å². The lowest BCUT2D eigenvalue weighted by molar-refractivity contribution is 0.0698. The van der Waals surface area contributed by atoms with E-state index in [-0.39, 0.29) is 22.1 Å². The van der Waals surface area contributed by atoms with E-state index in [1.54, 1.807) is 24.3 Å². The maximum Gasteiger partial charge on any atom is 0.337 e. The van der Waals surface area contributed by atoms with Crippen LogP contribution in [0.4, 0.5) is 5.69 Å². The quantitative estimate of drug-likeness (QED) is 0.581. The number of carbonyl (C=O) groups is 1. The van der Waals surface area contributed by atoms with Crippen molar-refractivity contribution in [3.05, 3.63) is 52.5 Å². The van der Waals surface area contributed by atoms with Crippen LogP contribution in [0.2, 0.25) is 5.02 Å². The zero-order valence-electron chi connectivity index (χ0n) is 11.6. The molecule has 0 unspecified atom stereocenters. The molecule has 0 atom stereocenters. The molecule has 2 aromatic rings. The molecule has 22 heavy (non-hydrogen) atoms. The van der Waals surface area contributed by atoms with Gasteiger partial charge in [0.25, 0.3) is 0 Å². The number of phenols is 1. The summed E-state index contributed by atoms with van der Waals surface area (Å²) in [5.74, 6) is -0.974. The van der Waals surface area contributed by atoms with E-state index in [0.717, 1.165) is 0 Å². The molecule has 6 nitrogen and oxygen atoms in total. The molecule has 7 heteroatoms. The van der Waals surface area contributed by atoms with Crippen molar-refractivity contribution in [3.8, 4) is 11.5 Å². The largest absolute Gasteiger partial charge is 0.503 e. The Hall–Kier alpha value is -2.73. The lowest BCUT2D eigenvalue weighted by Crippen LogP contribution is -2.02. The van der Waals surface area contributed by atoms with Gasteiger partial charge in [0, 0.05) is 0 Å². The van der Waals surface area contributed by atoms with Gasteiger partial charge in [0.05, 0.1) is 29.6 Å². The van der Waals surface area contributed by atoms with Gasteiger partial charge in [-0.15, -0.1) is 0 Å². The van der Waals surface area contributed by atoms with Gasteiger partial charge in [-0.05, 0) is 29.8 Å². The number of anilines is 1. The van der Waals surface area contributed by atoms with Gasteiger partial charge in [-0.25, -0.2) is 4.79 Å². The molecule has 0 aliphatic rings. The Labute approximate surface area is 131 Å². The van der Waals surface area contributed by atoms with Crippen LogP contribution in [0, 0.1) is 0 Å². The molecular weight excluding hydrogens is 308 g/mol. The number of methoxy groups -OCH3 is 1. The second-order valence-electron chi connectivity index (χ2n) is 4.27. The van der Waals surface area contributed by atoms with Crippen molar-refractivity contribution in [1.82, 2.24) is 0 Å². The normalized spacial score (nSPS) is 10.6. The molecular formula is C15H13ClN2O4. The van der Waals surface area contributed by atoms with Crippen LogP contribution < -0.4 is 10.2 Å². The number of ether oxygens (including phenoxy) is 1. The fraction of sp³-hybridized carbons (Fsp3) is 0.0667. The van der Waals surface area contributed by atoms with Crippen LogP contribution in [0.3, 0.4) is 0 Å². The topological polar surface area (TPSA) is 91.2 Å². The first-order chi connectivity index (χ1) is 10.5. The number of nitrogens with zero attached hydrogens (tertiary/aromatic N) is 1. The number of hydrogen-bond acceptors (Lipinski definition) is 5. The average molecular weight is 321 g/mol. The van der Waals surface area contributed by atoms with Gasteiger partial charge in [0.2, 0.25) is 0 Å². The minimum absolute atomic E-state index is 0.112. The first kappa shape index (κ1) is 15.7. The molecule has 0 aliphatic heterocycles. The van der Waals surface area contributed by atoms with E-state index >= 15 is 0 Å². The monoisotopic (exact) mass is 320 g/mol. The predicted molar refractivity (Wildman–Crippen MR) is 84.3 cm³/mol. The zero-order valence-corrected chi connectivity index (χ0v) is 12.3. The first-order valence-corrected chi connectivity index (χ1v) is 6.58. The maximum atomic E-state index is 11.1. The third-order valence-electron chi connectivity index (χ3n) is 2.83. The van der Waals surface area contributed by atoms with Crippen molar-refractivity contribution in [2.24, 2.45) is 5.10 Å². The summed E-state index contributed by atoms with van der Waals surface area (Å²) in [7, 11) is 1.41. The maximum absolute atomic E-state index is 11.1. The number of aromatic hydroxyl groups is 1. The van der Waals surface area contributed by atoms with Gasteiger partial charge in [0.1, 0.15) is 0 Å². The minimum Gasteiger partial charge on any atom is -0.503 e. The molecule has 0 saturated carbocycles. The molecule has 3 N–H and O–H groups in total. The van der Waals surface area contributed by atoms with E-state index in [4.69, 9.17) is 21.4 Å². The van der Waals surface area contributed by atoms with Crippen molar-refractivity contribution in [2.75, 3.05) is 12.5 Å². The molecule has 0 aliphatic carbocycles. The Morgan fingerprint density at radius 3 is 2.77 bits per heavy atom. The van der Waals surface area contributed by atoms with Gasteiger partial charge in [-0.3, -0.25) is 5.43 Å². The summed E-state index contributed by atoms with van der Waals surface area (Å²) in [6, 6.07) is 9.46. The summed E-state index contributed by atoms with van der Waals surface area (Å²) >= 11 is 5.87. The van der Waals surface area contributed by atoms with Crippen LogP contribution >= 0.6 is 11.6 Å². The van der Waals surface area contributed by atoms with Crippen molar-refractivity contribution in [3.63, 3.8) is 0 Å². The van der Waals surface area contributed by atoms with E-state index < -0.39 is 5.97 Å². The van der Waals surface area contributed by atoms with E-state index in [0.29, 0.717) is 11.3 Å². The molecule has 2 rings (SSSR count). The van der Waals surface area contributed by atoms with Crippen molar-refractivity contribution in [2.45, 2.75) is 0 Å². The molecule has 0 bridgehead atoms. The highest BCUT2D eigenvalue weighted by molar-refractivity contribution is 6.32. The summed E-state index contributed by atoms with van der Waals surface area (Å²) in [6.45, 7) is 0. The second kappa shape index (κ2) is 6.82. The molecule has 0 spiro atoms. The van der Waals surface area contributed by atoms with Gasteiger partial charge < -0.3 is 14.9 Å². The Bertz CT molecular complexity index is 731. The number of hydrazone groups is 1. The third kappa shape index (κ3) is 3.48. The van der Waals surface area contributed by atoms with Crippen LogP contribution in [0.1, 0.15) is 15.9 Å². The number of aromatic carboxylic acids is 1. The van der Waals surface area contributed by atoms with E-state index in [1.807, 2.05) is 0 Å². The number of hydrogen-bond donors (Lipinski definition) is 3. The number of carboxylic acids is 1. The highest BCUT2D eigenvalue weighted by Gasteiger charge is 2.09. The standard InChI is InChI=1S/C15H13ClN2O4/c1-22-13-7-9(6-11(16)14(13)19)8-17-18-12-5-3-2-4-10(12)15(20)21/h2-8,18-19H,1H3,(H,20,21). The lowest BCUT2D eigenvalue weighted by atomic mass is 10.2. The van der Waals surface area contributed by atoms with Crippen molar-refractivity contribution in [1.29, 1.82) is 0 Å². The summed E-state index contributed by atoms with van der Waals surface area (Å²) < 4.78 is 4.99. The summed E-state index contributed by atoms with van der Waals surface area (Å²) in [5, 5.41) is 22.8. The molecule has 0 fully saturated rings. The van der Waals surface area contributed by atoms with E-state index in [2.05, 4.69) is 10.5 Å². The SMILES string of the molecule is COc1cc(C=NNc2ccccc2C(=O)O)cc(Cl)c1O. The highest BCUT2D eigenvalue weighted by Crippen LogP contribution is 2.34. The summed E-state index contributed by atoms with van der Waals surface area (Å²) in [4.78, 5) is 11.1. The van der Waals surface area contributed by atoms with Crippen LogP contribution in [-0.4, -0.2) is 29.5 Å². The van der Waals surface area contributed by atoms with Gasteiger partial charge in [0.15, 0.2) is 11.5 Å². The fourth-order valence-corrected chi connectivity index (χ4v) is 1.99. The van der Waals surface area contributed by atoms with Gasteiger partial charge in [-0.2, -0.15) is 5.10 Å². The first-order valence-electron chi connectivity index (χ1n) is 6.21. The molecule has 0 amide bonds. The molecule has 0 saturated heterocycles. The third-order valence-corrected chi connectivity index (χ3v) is 3.11. The lowest BCUT2D eigenvalue weighted by Gasteiger charge is -2.07. The molecule has 0 heterocycles. The van der Waals surface area contributed by atoms with Crippen LogP contribution in [-0.2, 0) is 0 Å². The number of rotatable bonds is 5. The number of para-hydroxylation sites is 1. The van der Waals surface area contributed by atoms with Gasteiger partial charge >= 0.3 is 5.97 Å². The number of halogens is 1. The zero-order chi connectivity index (χ0) is 16.1. The molecule has 2 aromatic carbocycles. The number of benzene rings is 2. The summed E-state index contributed by atoms with van der Waals surface area (Å²) in [5.41, 5.74) is 3.72. The fourth-order valence-electron chi connectivity index (χ4n) is 1.77. The second-order valence-corrected chi connectivity index (χ2v) is 4.68. The Kier molecular flexibility index (Phi) is 4.85. The highest BCUT2D eigenvalue weighted by atomic mass is 35.5. The number of carboxylic acid groups (broad SMARTS) is 1. The molecule has 0 aromatic heterocycles. The Morgan fingerprint density at radius 2 is 2.09 bits per heavy atom. The molecule has 114 valence electrons. The Balaban J connectivity index is 2.20. The van der Waals surface area contributed by atoms with E-state index in [9.17, 15) is 9.90 Å². The van der Waals surface area contributed by atoms with Gasteiger partial charge in [-0.1, -0.05) is 23.7 Å². The van der Waals surface area contributed by atoms with Crippen LogP contribution in [0.25, 0.3) is 0 Å². The van der Waals surface area contributed by atoms with E-state index in [1.165, 1.54) is 25.5 Å². The predicted octanol–water partition coefficient (Wildman–Crippen LogP) is 3.20. The van der Waals surface area contributed by atoms with Crippen molar-refractivity contribution >= 4 is 29.5 Å².